The van der Waals surface area contributed by atoms with Crippen LogP contribution < -0.4 is 15.8 Å². The molecule has 284 valence electrons. The number of aromatic hydroxyl groups is 1. The normalized spacial score (nSPS) is 16.6. The fourth-order valence-electron chi connectivity index (χ4n) is 7.25. The number of benzene rings is 2. The van der Waals surface area contributed by atoms with Crippen LogP contribution in [0.5, 0.6) is 5.75 Å². The van der Waals surface area contributed by atoms with Crippen molar-refractivity contribution in [3.05, 3.63) is 99.5 Å². The Morgan fingerprint density at radius 1 is 1.08 bits per heavy atom. The SMILES string of the molecule is CN(CCNCC(O)c1ccc(O)c2[nH]c(=O)ccc12)C(=O)CCOCCc1cccc(CN2CCC3(CC2)CN(c2cc(CO)ccn2)CCO3)c1. The summed E-state index contributed by atoms with van der Waals surface area (Å²) in [4.78, 5) is 37.9. The second-order valence-electron chi connectivity index (χ2n) is 14.2. The first-order valence-corrected chi connectivity index (χ1v) is 18.5. The molecule has 0 aliphatic carbocycles. The van der Waals surface area contributed by atoms with Gasteiger partial charge < -0.3 is 44.9 Å². The van der Waals surface area contributed by atoms with Gasteiger partial charge in [-0.25, -0.2) is 4.98 Å². The standard InChI is InChI=1S/C40H52N6O7/c1-44(18-15-41-25-35(49)32-5-7-34(48)39-33(32)6-8-37(50)43-39)38(51)11-21-52-20-10-29-3-2-4-30(23-29)26-45-16-12-40(13-17-45)28-46(19-22-53-40)36-24-31(27-47)9-14-42-36/h2-9,14,23-24,35,41,47-49H,10-13,15-22,25-28H2,1H3,(H,43,50). The number of amides is 1. The highest BCUT2D eigenvalue weighted by Crippen LogP contribution is 2.33. The number of piperidine rings is 1. The largest absolute Gasteiger partial charge is 0.506 e. The fourth-order valence-corrected chi connectivity index (χ4v) is 7.25. The second kappa shape index (κ2) is 18.1. The quantitative estimate of drug-likeness (QED) is 0.108. The summed E-state index contributed by atoms with van der Waals surface area (Å²) < 4.78 is 12.2. The molecule has 4 heterocycles. The number of fused-ring (bicyclic) bond motifs is 1. The zero-order valence-electron chi connectivity index (χ0n) is 30.5. The van der Waals surface area contributed by atoms with E-state index in [1.54, 1.807) is 30.3 Å². The number of phenolic OH excluding ortho intramolecular Hbond substituents is 1. The van der Waals surface area contributed by atoms with E-state index < -0.39 is 6.10 Å². The zero-order chi connectivity index (χ0) is 37.2. The smallest absolute Gasteiger partial charge is 0.248 e. The summed E-state index contributed by atoms with van der Waals surface area (Å²) in [5, 5.41) is 34.1. The van der Waals surface area contributed by atoms with Gasteiger partial charge in [-0.3, -0.25) is 14.5 Å². The van der Waals surface area contributed by atoms with Crippen molar-refractivity contribution in [2.45, 2.75) is 50.5 Å². The third kappa shape index (κ3) is 10.2. The predicted octanol–water partition coefficient (Wildman–Crippen LogP) is 2.72. The lowest BCUT2D eigenvalue weighted by molar-refractivity contribution is -0.131. The molecule has 5 N–H and O–H groups in total. The minimum Gasteiger partial charge on any atom is -0.506 e. The molecule has 13 nitrogen and oxygen atoms in total. The summed E-state index contributed by atoms with van der Waals surface area (Å²) in [6.45, 7) is 7.23. The molecule has 13 heteroatoms. The van der Waals surface area contributed by atoms with Crippen LogP contribution >= 0.6 is 0 Å². The van der Waals surface area contributed by atoms with E-state index in [2.05, 4.69) is 49.4 Å². The Balaban J connectivity index is 0.854. The third-order valence-corrected chi connectivity index (χ3v) is 10.4. The molecule has 0 saturated carbocycles. The molecular formula is C40H52N6O7. The number of likely N-dealkylation sites (tertiary alicyclic amines) is 1. The number of anilines is 1. The lowest BCUT2D eigenvalue weighted by Gasteiger charge is -2.47. The van der Waals surface area contributed by atoms with Gasteiger partial charge in [0.1, 0.15) is 11.6 Å². The summed E-state index contributed by atoms with van der Waals surface area (Å²) in [5.74, 6) is 0.844. The topological polar surface area (TPSA) is 164 Å². The molecule has 2 aromatic heterocycles. The predicted molar refractivity (Wildman–Crippen MR) is 203 cm³/mol. The molecule has 2 aliphatic heterocycles. The Morgan fingerprint density at radius 3 is 2.74 bits per heavy atom. The number of ether oxygens (including phenoxy) is 2. The number of H-pyrrole nitrogens is 1. The lowest BCUT2D eigenvalue weighted by atomic mass is 9.89. The maximum atomic E-state index is 12.7. The van der Waals surface area contributed by atoms with Crippen LogP contribution in [0.1, 0.15) is 47.6 Å². The summed E-state index contributed by atoms with van der Waals surface area (Å²) in [7, 11) is 1.76. The van der Waals surface area contributed by atoms with Gasteiger partial charge in [0.2, 0.25) is 11.5 Å². The summed E-state index contributed by atoms with van der Waals surface area (Å²) in [6.07, 6.45) is 3.90. The number of aromatic nitrogens is 2. The minimum atomic E-state index is -0.860. The molecule has 2 fully saturated rings. The molecule has 1 unspecified atom stereocenters. The Kier molecular flexibility index (Phi) is 13.1. The van der Waals surface area contributed by atoms with Crippen LogP contribution in [0.15, 0.2) is 71.7 Å². The van der Waals surface area contributed by atoms with E-state index in [1.165, 1.54) is 23.3 Å². The van der Waals surface area contributed by atoms with E-state index in [4.69, 9.17) is 9.47 Å². The van der Waals surface area contributed by atoms with E-state index in [0.29, 0.717) is 55.8 Å². The monoisotopic (exact) mass is 728 g/mol. The molecule has 0 bridgehead atoms. The minimum absolute atomic E-state index is 0.00922. The molecule has 2 saturated heterocycles. The Morgan fingerprint density at radius 2 is 1.91 bits per heavy atom. The van der Waals surface area contributed by atoms with Crippen molar-refractivity contribution in [1.29, 1.82) is 0 Å². The van der Waals surface area contributed by atoms with Crippen molar-refractivity contribution >= 4 is 22.6 Å². The fraction of sp³-hybridized carbons (Fsp3) is 0.475. The highest BCUT2D eigenvalue weighted by atomic mass is 16.5. The van der Waals surface area contributed by atoms with Crippen molar-refractivity contribution in [2.75, 3.05) is 77.6 Å². The Labute approximate surface area is 310 Å². The molecule has 1 atom stereocenters. The van der Waals surface area contributed by atoms with Gasteiger partial charge in [0.15, 0.2) is 0 Å². The Bertz CT molecular complexity index is 1880. The van der Waals surface area contributed by atoms with Gasteiger partial charge >= 0.3 is 0 Å². The Hall–Kier alpha value is -4.37. The first-order valence-electron chi connectivity index (χ1n) is 18.5. The molecular weight excluding hydrogens is 676 g/mol. The second-order valence-corrected chi connectivity index (χ2v) is 14.2. The number of pyridine rings is 2. The van der Waals surface area contributed by atoms with Gasteiger partial charge in [-0.05, 0) is 65.8 Å². The first-order chi connectivity index (χ1) is 25.7. The number of carbonyl (C=O) groups is 1. The lowest BCUT2D eigenvalue weighted by Crippen LogP contribution is -2.57. The van der Waals surface area contributed by atoms with Crippen molar-refractivity contribution in [1.82, 2.24) is 25.1 Å². The van der Waals surface area contributed by atoms with Gasteiger partial charge in [-0.15, -0.1) is 0 Å². The maximum absolute atomic E-state index is 12.7. The number of rotatable bonds is 16. The average Bonchev–Trinajstić information content (AvgIpc) is 3.17. The highest BCUT2D eigenvalue weighted by molar-refractivity contribution is 5.87. The maximum Gasteiger partial charge on any atom is 0.248 e. The molecule has 2 aliphatic rings. The number of hydrogen-bond acceptors (Lipinski definition) is 11. The number of aromatic amines is 1. The van der Waals surface area contributed by atoms with Gasteiger partial charge in [-0.1, -0.05) is 30.3 Å². The molecule has 1 amide bonds. The van der Waals surface area contributed by atoms with E-state index in [1.807, 2.05) is 12.1 Å². The molecule has 2 aromatic carbocycles. The van der Waals surface area contributed by atoms with Crippen LogP contribution in [0.4, 0.5) is 5.82 Å². The van der Waals surface area contributed by atoms with Gasteiger partial charge in [0.05, 0.1) is 50.1 Å². The van der Waals surface area contributed by atoms with Crippen LogP contribution in [-0.2, 0) is 33.8 Å². The number of nitrogens with one attached hydrogen (secondary N) is 2. The number of nitrogens with zero attached hydrogens (tertiary/aromatic N) is 4. The van der Waals surface area contributed by atoms with E-state index in [9.17, 15) is 24.9 Å². The van der Waals surface area contributed by atoms with Gasteiger partial charge in [0, 0.05) is 77.1 Å². The summed E-state index contributed by atoms with van der Waals surface area (Å²) in [6, 6.07) is 18.5. The van der Waals surface area contributed by atoms with Gasteiger partial charge in [-0.2, -0.15) is 0 Å². The average molecular weight is 729 g/mol. The van der Waals surface area contributed by atoms with E-state index in [-0.39, 0.29) is 36.0 Å². The van der Waals surface area contributed by atoms with Crippen molar-refractivity contribution in [3.63, 3.8) is 0 Å². The number of aliphatic hydroxyl groups excluding tert-OH is 2. The highest BCUT2D eigenvalue weighted by Gasteiger charge is 2.40. The van der Waals surface area contributed by atoms with Crippen molar-refractivity contribution in [3.8, 4) is 5.75 Å². The number of carbonyl (C=O) groups excluding carboxylic acids is 1. The molecule has 0 radical (unpaired) electrons. The third-order valence-electron chi connectivity index (χ3n) is 10.4. The summed E-state index contributed by atoms with van der Waals surface area (Å²) >= 11 is 0. The summed E-state index contributed by atoms with van der Waals surface area (Å²) in [5.41, 5.74) is 3.75. The molecule has 1 spiro atoms. The van der Waals surface area contributed by atoms with Crippen molar-refractivity contribution in [2.24, 2.45) is 0 Å². The number of morpholine rings is 1. The number of phenols is 1. The molecule has 53 heavy (non-hydrogen) atoms. The van der Waals surface area contributed by atoms with Crippen LogP contribution in [0.3, 0.4) is 0 Å². The molecule has 4 aromatic rings. The number of aliphatic hydroxyl groups is 2. The zero-order valence-corrected chi connectivity index (χ0v) is 30.5. The van der Waals surface area contributed by atoms with Crippen LogP contribution in [0, 0.1) is 0 Å². The van der Waals surface area contributed by atoms with Crippen LogP contribution in [-0.4, -0.2) is 119 Å². The van der Waals surface area contributed by atoms with E-state index in [0.717, 1.165) is 63.4 Å². The van der Waals surface area contributed by atoms with E-state index >= 15 is 0 Å². The van der Waals surface area contributed by atoms with Crippen LogP contribution in [0.25, 0.3) is 10.9 Å². The first kappa shape index (κ1) is 38.4. The van der Waals surface area contributed by atoms with Crippen molar-refractivity contribution < 1.29 is 29.6 Å². The van der Waals surface area contributed by atoms with Crippen LogP contribution in [0.2, 0.25) is 0 Å². The van der Waals surface area contributed by atoms with Gasteiger partial charge in [0.25, 0.3) is 0 Å². The number of hydrogen-bond donors (Lipinski definition) is 5. The number of likely N-dealkylation sites (N-methyl/N-ethyl adjacent to an activating group) is 1. The molecule has 6 rings (SSSR count).